The van der Waals surface area contributed by atoms with Gasteiger partial charge in [0.2, 0.25) is 16.9 Å². The molecule has 3 heterocycles. The number of amides is 2. The van der Waals surface area contributed by atoms with E-state index < -0.39 is 107 Å². The fraction of sp³-hybridized carbons (Fsp3) is 0.692. The van der Waals surface area contributed by atoms with Gasteiger partial charge < -0.3 is 56.6 Å². The summed E-state index contributed by atoms with van der Waals surface area (Å²) in [5.74, 6) is -2.03. The van der Waals surface area contributed by atoms with Gasteiger partial charge in [0.15, 0.2) is 17.7 Å². The number of hydrogen-bond donors (Lipinski definition) is 10. The molecule has 59 heavy (non-hydrogen) atoms. The van der Waals surface area contributed by atoms with E-state index in [-0.39, 0.29) is 60.4 Å². The minimum Gasteiger partial charge on any atom is -0.386 e. The van der Waals surface area contributed by atoms with Gasteiger partial charge in [-0.25, -0.2) is 28.6 Å². The number of nitrogens with one attached hydrogen (secondary N) is 2. The van der Waals surface area contributed by atoms with Crippen LogP contribution in [-0.4, -0.2) is 140 Å². The minimum absolute atomic E-state index is 0.00824. The summed E-state index contributed by atoms with van der Waals surface area (Å²) in [5.41, 5.74) is 5.28. The molecule has 0 spiro atoms. The Balaban J connectivity index is 1.45. The normalized spacial score (nSPS) is 22.0. The number of imidazole rings is 1. The molecule has 0 saturated carbocycles. The number of carbonyl (C=O) groups is 3. The molecule has 8 unspecified atom stereocenters. The van der Waals surface area contributed by atoms with E-state index in [4.69, 9.17) is 25.3 Å². The van der Waals surface area contributed by atoms with Crippen molar-refractivity contribution >= 4 is 80.9 Å². The molecule has 8 atom stereocenters. The second-order valence-corrected chi connectivity index (χ2v) is 19.4. The first-order valence-corrected chi connectivity index (χ1v) is 23.1. The number of aliphatic hydroxyl groups is 2. The van der Waals surface area contributed by atoms with Crippen molar-refractivity contribution in [3.63, 3.8) is 0 Å². The van der Waals surface area contributed by atoms with E-state index in [2.05, 4.69) is 34.4 Å². The van der Waals surface area contributed by atoms with Gasteiger partial charge in [-0.1, -0.05) is 37.4 Å². The molecule has 12 N–H and O–H groups in total. The average Bonchev–Trinajstić information content (AvgIpc) is 3.67. The Bertz CT molecular complexity index is 1930. The number of hydrogen-bond acceptors (Lipinski definition) is 20. The molecule has 1 saturated heterocycles. The average molecular weight is 953 g/mol. The number of phosphoric acid groups is 3. The SMILES string of the molecule is CC(C)(COP(=O)(O)OP(=O)(O)OCC1OC(n2cnc3c(N)ncnc32)C(O)C1OP(=O)(O)O)C(O)C(=O)NCCC(=O)NCCSC(=O)C(N)CCSC(F)(F)F. The van der Waals surface area contributed by atoms with Crippen molar-refractivity contribution in [3.05, 3.63) is 12.7 Å². The molecule has 0 radical (unpaired) electrons. The molecule has 2 aromatic heterocycles. The van der Waals surface area contributed by atoms with Crippen molar-refractivity contribution in [1.82, 2.24) is 30.2 Å². The van der Waals surface area contributed by atoms with E-state index in [1.54, 1.807) is 0 Å². The van der Waals surface area contributed by atoms with Gasteiger partial charge >= 0.3 is 29.0 Å². The summed E-state index contributed by atoms with van der Waals surface area (Å²) in [7, 11) is -16.5. The maximum atomic E-state index is 12.7. The number of nitrogens with zero attached hydrogens (tertiary/aromatic N) is 4. The molecule has 2 aromatic rings. The van der Waals surface area contributed by atoms with E-state index in [0.717, 1.165) is 29.0 Å². The summed E-state index contributed by atoms with van der Waals surface area (Å²) in [6.07, 6.45) is -7.46. The third kappa shape index (κ3) is 16.5. The van der Waals surface area contributed by atoms with Crippen LogP contribution in [0.3, 0.4) is 0 Å². The number of rotatable bonds is 23. The lowest BCUT2D eigenvalue weighted by atomic mass is 9.87. The van der Waals surface area contributed by atoms with E-state index in [1.165, 1.54) is 13.8 Å². The molecule has 1 aliphatic heterocycles. The Kier molecular flexibility index (Phi) is 18.3. The van der Waals surface area contributed by atoms with Gasteiger partial charge in [-0.15, -0.1) is 0 Å². The lowest BCUT2D eigenvalue weighted by molar-refractivity contribution is -0.137. The minimum atomic E-state index is -5.61. The van der Waals surface area contributed by atoms with Gasteiger partial charge in [0.25, 0.3) is 0 Å². The van der Waals surface area contributed by atoms with Gasteiger partial charge in [0.05, 0.1) is 25.6 Å². The Morgan fingerprint density at radius 1 is 1.03 bits per heavy atom. The first-order chi connectivity index (χ1) is 27.1. The molecule has 0 aromatic carbocycles. The van der Waals surface area contributed by atoms with Crippen LogP contribution >= 0.6 is 47.0 Å². The number of thioether (sulfide) groups is 2. The third-order valence-corrected chi connectivity index (χ3v) is 12.6. The number of fused-ring (bicyclic) bond motifs is 1. The fourth-order valence-electron chi connectivity index (χ4n) is 4.81. The van der Waals surface area contributed by atoms with Gasteiger partial charge in [0, 0.05) is 36.4 Å². The quantitative estimate of drug-likeness (QED) is 0.0502. The molecule has 0 bridgehead atoms. The van der Waals surface area contributed by atoms with E-state index in [0.29, 0.717) is 0 Å². The van der Waals surface area contributed by atoms with Gasteiger partial charge in [-0.05, 0) is 6.42 Å². The number of anilines is 1. The zero-order valence-corrected chi connectivity index (χ0v) is 35.0. The zero-order valence-electron chi connectivity index (χ0n) is 30.7. The second kappa shape index (κ2) is 21.2. The summed E-state index contributed by atoms with van der Waals surface area (Å²) >= 11 is 0.423. The van der Waals surface area contributed by atoms with Crippen LogP contribution in [0.5, 0.6) is 0 Å². The number of nitrogens with two attached hydrogens (primary N) is 2. The second-order valence-electron chi connectivity index (χ2n) is 12.9. The van der Waals surface area contributed by atoms with Crippen molar-refractivity contribution < 1.29 is 93.7 Å². The highest BCUT2D eigenvalue weighted by molar-refractivity contribution is 8.13. The molecular formula is C26H42F3N8O17P3S2. The molecule has 1 fully saturated rings. The van der Waals surface area contributed by atoms with Crippen molar-refractivity contribution in [2.75, 3.05) is 43.5 Å². The van der Waals surface area contributed by atoms with Crippen LogP contribution in [0.15, 0.2) is 12.7 Å². The summed E-state index contributed by atoms with van der Waals surface area (Å²) in [4.78, 5) is 87.4. The molecule has 1 aliphatic rings. The molecule has 33 heteroatoms. The number of halogens is 3. The monoisotopic (exact) mass is 952 g/mol. The smallest absolute Gasteiger partial charge is 0.386 e. The summed E-state index contributed by atoms with van der Waals surface area (Å²) in [6.45, 7) is -0.0330. The molecule has 3 rings (SSSR count). The number of aromatic nitrogens is 4. The number of aliphatic hydroxyl groups excluding tert-OH is 2. The van der Waals surface area contributed by atoms with Crippen molar-refractivity contribution in [3.8, 4) is 0 Å². The van der Waals surface area contributed by atoms with Crippen molar-refractivity contribution in [2.24, 2.45) is 11.1 Å². The maximum Gasteiger partial charge on any atom is 0.481 e. The van der Waals surface area contributed by atoms with E-state index >= 15 is 0 Å². The number of phosphoric ester groups is 3. The highest BCUT2D eigenvalue weighted by Gasteiger charge is 2.50. The van der Waals surface area contributed by atoms with Crippen LogP contribution in [0, 0.1) is 5.41 Å². The summed E-state index contributed by atoms with van der Waals surface area (Å²) in [5, 5.41) is 25.6. The van der Waals surface area contributed by atoms with Crippen LogP contribution < -0.4 is 22.1 Å². The topological polar surface area (TPSA) is 390 Å². The summed E-state index contributed by atoms with van der Waals surface area (Å²) in [6, 6.07) is -1.12. The molecule has 336 valence electrons. The predicted molar refractivity (Wildman–Crippen MR) is 198 cm³/mol. The van der Waals surface area contributed by atoms with Crippen LogP contribution in [0.2, 0.25) is 0 Å². The first kappa shape index (κ1) is 51.0. The van der Waals surface area contributed by atoms with Gasteiger partial charge in [-0.2, -0.15) is 17.5 Å². The van der Waals surface area contributed by atoms with Crippen molar-refractivity contribution in [2.45, 2.75) is 68.9 Å². The maximum absolute atomic E-state index is 12.7. The molecular weight excluding hydrogens is 910 g/mol. The number of ether oxygens (including phenoxy) is 1. The Labute approximate surface area is 340 Å². The largest absolute Gasteiger partial charge is 0.481 e. The molecule has 2 amide bonds. The highest BCUT2D eigenvalue weighted by atomic mass is 32.2. The highest BCUT2D eigenvalue weighted by Crippen LogP contribution is 2.61. The Morgan fingerprint density at radius 2 is 1.69 bits per heavy atom. The van der Waals surface area contributed by atoms with Gasteiger partial charge in [0.1, 0.15) is 36.3 Å². The van der Waals surface area contributed by atoms with Crippen LogP contribution in [0.4, 0.5) is 19.0 Å². The number of alkyl halides is 3. The Morgan fingerprint density at radius 3 is 2.34 bits per heavy atom. The van der Waals surface area contributed by atoms with Crippen LogP contribution in [-0.2, 0) is 50.7 Å². The van der Waals surface area contributed by atoms with E-state index in [9.17, 15) is 71.0 Å². The predicted octanol–water partition coefficient (Wildman–Crippen LogP) is -0.365. The Hall–Kier alpha value is -2.34. The standard InChI is InChI=1S/C26H42F3N8O17P3S2/c1-25(2,19(40)22(41)33-5-3-15(38)32-6-8-58-24(42)13(30)4-7-59-26(27,28)29)10-51-57(48,49)54-56(46,47)50-9-14-18(53-55(43,44)45)17(39)23(52-14)37-12-36-16-20(31)34-11-35-21(16)37/h11-14,17-19,23,39-40H,3-10,30H2,1-2H3,(H,32,38)(H,33,41)(H,46,47)(H,48,49)(H2,31,34,35)(H2,43,44,45). The van der Waals surface area contributed by atoms with Crippen molar-refractivity contribution in [1.29, 1.82) is 0 Å². The van der Waals surface area contributed by atoms with E-state index in [1.807, 2.05) is 0 Å². The van der Waals surface area contributed by atoms with Crippen LogP contribution in [0.1, 0.15) is 32.9 Å². The van der Waals surface area contributed by atoms with Crippen LogP contribution in [0.25, 0.3) is 11.2 Å². The lowest BCUT2D eigenvalue weighted by Crippen LogP contribution is -2.46. The lowest BCUT2D eigenvalue weighted by Gasteiger charge is -2.30. The number of nitrogen functional groups attached to an aromatic ring is 1. The number of carbonyl (C=O) groups excluding carboxylic acids is 3. The van der Waals surface area contributed by atoms with Gasteiger partial charge in [-0.3, -0.25) is 32.5 Å². The summed E-state index contributed by atoms with van der Waals surface area (Å²) < 4.78 is 98.6. The zero-order chi connectivity index (χ0) is 44.6. The third-order valence-electron chi connectivity index (χ3n) is 7.74. The first-order valence-electron chi connectivity index (χ1n) is 16.6. The molecule has 0 aliphatic carbocycles. The molecule has 25 nitrogen and oxygen atoms in total. The fourth-order valence-corrected chi connectivity index (χ4v) is 8.98.